The minimum absolute atomic E-state index is 0.0763. The summed E-state index contributed by atoms with van der Waals surface area (Å²) in [4.78, 5) is 13.0. The minimum Gasteiger partial charge on any atom is -0.372 e. The zero-order valence-corrected chi connectivity index (χ0v) is 13.3. The second-order valence-electron chi connectivity index (χ2n) is 5.81. The first-order valence-electron chi connectivity index (χ1n) is 7.70. The lowest BCUT2D eigenvalue weighted by molar-refractivity contribution is -0.386. The van der Waals surface area contributed by atoms with E-state index in [0.717, 1.165) is 24.2 Å². The van der Waals surface area contributed by atoms with Crippen LogP contribution in [0.4, 0.5) is 11.4 Å². The number of nitrogens with zero attached hydrogens (tertiary/aromatic N) is 3. The van der Waals surface area contributed by atoms with Crippen molar-refractivity contribution in [2.75, 3.05) is 18.0 Å². The van der Waals surface area contributed by atoms with Gasteiger partial charge < -0.3 is 9.42 Å². The fourth-order valence-corrected chi connectivity index (χ4v) is 2.90. The molecule has 6 nitrogen and oxygen atoms in total. The molecule has 1 saturated heterocycles. The lowest BCUT2D eigenvalue weighted by Crippen LogP contribution is -2.17. The molecule has 3 rings (SSSR count). The maximum absolute atomic E-state index is 11.0. The molecule has 1 aliphatic heterocycles. The number of hydrogen-bond acceptors (Lipinski definition) is 5. The number of aromatic nitrogens is 1. The molecule has 23 heavy (non-hydrogen) atoms. The van der Waals surface area contributed by atoms with E-state index in [-0.39, 0.29) is 17.1 Å². The summed E-state index contributed by atoms with van der Waals surface area (Å²) in [6, 6.07) is 6.29. The van der Waals surface area contributed by atoms with E-state index in [0.29, 0.717) is 0 Å². The highest BCUT2D eigenvalue weighted by Crippen LogP contribution is 2.27. The van der Waals surface area contributed by atoms with Crippen molar-refractivity contribution in [3.8, 4) is 0 Å². The predicted molar refractivity (Wildman–Crippen MR) is 89.4 cm³/mol. The number of rotatable bonds is 4. The maximum Gasteiger partial charge on any atom is 0.338 e. The minimum atomic E-state index is -0.463. The second-order valence-corrected chi connectivity index (χ2v) is 5.81. The highest BCUT2D eigenvalue weighted by Gasteiger charge is 2.22. The summed E-state index contributed by atoms with van der Waals surface area (Å²) in [6.45, 7) is 5.82. The normalized spacial score (nSPS) is 14.8. The molecule has 120 valence electrons. The monoisotopic (exact) mass is 313 g/mol. The quantitative estimate of drug-likeness (QED) is 0.631. The van der Waals surface area contributed by atoms with Crippen LogP contribution in [0.3, 0.4) is 0 Å². The van der Waals surface area contributed by atoms with Crippen molar-refractivity contribution in [3.05, 3.63) is 50.9 Å². The molecule has 2 heterocycles. The first kappa shape index (κ1) is 15.3. The molecular formula is C17H19N3O3. The topological polar surface area (TPSA) is 72.4 Å². The number of hydrogen-bond donors (Lipinski definition) is 0. The van der Waals surface area contributed by atoms with Crippen molar-refractivity contribution in [2.24, 2.45) is 0 Å². The average Bonchev–Trinajstić information content (AvgIpc) is 3.15. The summed E-state index contributed by atoms with van der Waals surface area (Å²) in [7, 11) is 0. The van der Waals surface area contributed by atoms with Crippen molar-refractivity contribution in [2.45, 2.75) is 26.7 Å². The molecule has 0 aliphatic carbocycles. The summed E-state index contributed by atoms with van der Waals surface area (Å²) in [6.07, 6.45) is 5.93. The predicted octanol–water partition coefficient (Wildman–Crippen LogP) is 3.97. The summed E-state index contributed by atoms with van der Waals surface area (Å²) in [5.41, 5.74) is 3.59. The van der Waals surface area contributed by atoms with Crippen LogP contribution >= 0.6 is 0 Å². The Kier molecular flexibility index (Phi) is 4.14. The molecule has 0 radical (unpaired) electrons. The van der Waals surface area contributed by atoms with Crippen LogP contribution in [0, 0.1) is 24.0 Å². The Balaban J connectivity index is 1.84. The Hall–Kier alpha value is -2.63. The van der Waals surface area contributed by atoms with Gasteiger partial charge >= 0.3 is 5.69 Å². The Morgan fingerprint density at radius 3 is 2.65 bits per heavy atom. The molecule has 6 heteroatoms. The SMILES string of the molecule is Cc1cc(N2CCCC2)ccc1/C=C\c1onc(C)c1[N+](=O)[O-]. The lowest BCUT2D eigenvalue weighted by atomic mass is 10.1. The fourth-order valence-electron chi connectivity index (χ4n) is 2.90. The van der Waals surface area contributed by atoms with Gasteiger partial charge in [-0.3, -0.25) is 10.1 Å². The van der Waals surface area contributed by atoms with E-state index in [1.807, 2.05) is 19.1 Å². The standard InChI is InChI=1S/C17H19N3O3/c1-12-11-15(19-9-3-4-10-19)7-5-14(12)6-8-16-17(20(21)22)13(2)18-23-16/h5-8,11H,3-4,9-10H2,1-2H3/b8-6-. The van der Waals surface area contributed by atoms with E-state index >= 15 is 0 Å². The van der Waals surface area contributed by atoms with Gasteiger partial charge in [0.1, 0.15) is 0 Å². The van der Waals surface area contributed by atoms with Gasteiger partial charge in [-0.05, 0) is 56.0 Å². The zero-order valence-electron chi connectivity index (χ0n) is 13.3. The summed E-state index contributed by atoms with van der Waals surface area (Å²) < 4.78 is 5.04. The second kappa shape index (κ2) is 6.24. The molecule has 2 aromatic rings. The van der Waals surface area contributed by atoms with Crippen molar-refractivity contribution < 1.29 is 9.45 Å². The van der Waals surface area contributed by atoms with Crippen LogP contribution in [0.25, 0.3) is 12.2 Å². The van der Waals surface area contributed by atoms with Crippen LogP contribution in [0.15, 0.2) is 22.7 Å². The molecule has 0 bridgehead atoms. The first-order valence-corrected chi connectivity index (χ1v) is 7.70. The molecule has 0 spiro atoms. The lowest BCUT2D eigenvalue weighted by Gasteiger charge is -2.18. The third kappa shape index (κ3) is 3.11. The number of anilines is 1. The van der Waals surface area contributed by atoms with E-state index in [9.17, 15) is 10.1 Å². The van der Waals surface area contributed by atoms with Crippen molar-refractivity contribution in [1.29, 1.82) is 0 Å². The van der Waals surface area contributed by atoms with Gasteiger partial charge in [0.2, 0.25) is 5.76 Å². The molecule has 0 saturated carbocycles. The van der Waals surface area contributed by atoms with Gasteiger partial charge in [0.25, 0.3) is 0 Å². The number of aryl methyl sites for hydroxylation is 2. The van der Waals surface area contributed by atoms with Crippen LogP contribution in [0.2, 0.25) is 0 Å². The van der Waals surface area contributed by atoms with E-state index in [4.69, 9.17) is 4.52 Å². The fraction of sp³-hybridized carbons (Fsp3) is 0.353. The summed E-state index contributed by atoms with van der Waals surface area (Å²) in [5, 5.41) is 14.7. The number of benzene rings is 1. The van der Waals surface area contributed by atoms with Crippen LogP contribution < -0.4 is 4.90 Å². The van der Waals surface area contributed by atoms with Gasteiger partial charge in [-0.25, -0.2) is 0 Å². The zero-order chi connectivity index (χ0) is 16.4. The van der Waals surface area contributed by atoms with Crippen molar-refractivity contribution >= 4 is 23.5 Å². The van der Waals surface area contributed by atoms with Gasteiger partial charge in [-0.15, -0.1) is 0 Å². The molecule has 1 aromatic heterocycles. The van der Waals surface area contributed by atoms with Crippen LogP contribution in [-0.4, -0.2) is 23.2 Å². The molecule has 0 N–H and O–H groups in total. The third-order valence-electron chi connectivity index (χ3n) is 4.18. The highest BCUT2D eigenvalue weighted by molar-refractivity contribution is 5.74. The molecular weight excluding hydrogens is 294 g/mol. The molecule has 1 aliphatic rings. The van der Waals surface area contributed by atoms with Gasteiger partial charge in [0, 0.05) is 18.8 Å². The van der Waals surface area contributed by atoms with E-state index in [1.54, 1.807) is 13.0 Å². The van der Waals surface area contributed by atoms with Crippen LogP contribution in [0.5, 0.6) is 0 Å². The number of nitro groups is 1. The Morgan fingerprint density at radius 1 is 1.26 bits per heavy atom. The summed E-state index contributed by atoms with van der Waals surface area (Å²) in [5.74, 6) is 0.176. The van der Waals surface area contributed by atoms with Gasteiger partial charge in [0.15, 0.2) is 5.69 Å². The van der Waals surface area contributed by atoms with Gasteiger partial charge in [0.05, 0.1) is 4.92 Å². The van der Waals surface area contributed by atoms with E-state index < -0.39 is 4.92 Å². The maximum atomic E-state index is 11.0. The third-order valence-corrected chi connectivity index (χ3v) is 4.18. The Bertz CT molecular complexity index is 758. The first-order chi connectivity index (χ1) is 11.1. The van der Waals surface area contributed by atoms with Crippen molar-refractivity contribution in [1.82, 2.24) is 5.16 Å². The molecule has 0 unspecified atom stereocenters. The Labute approximate surface area is 134 Å². The highest BCUT2D eigenvalue weighted by atomic mass is 16.6. The molecule has 1 aromatic carbocycles. The van der Waals surface area contributed by atoms with Crippen LogP contribution in [0.1, 0.15) is 35.4 Å². The van der Waals surface area contributed by atoms with Crippen LogP contribution in [-0.2, 0) is 0 Å². The molecule has 0 atom stereocenters. The molecule has 0 amide bonds. The largest absolute Gasteiger partial charge is 0.372 e. The average molecular weight is 313 g/mol. The molecule has 1 fully saturated rings. The Morgan fingerprint density at radius 2 is 2.00 bits per heavy atom. The van der Waals surface area contributed by atoms with E-state index in [2.05, 4.69) is 22.2 Å². The smallest absolute Gasteiger partial charge is 0.338 e. The summed E-state index contributed by atoms with van der Waals surface area (Å²) >= 11 is 0. The van der Waals surface area contributed by atoms with Gasteiger partial charge in [-0.1, -0.05) is 17.3 Å². The van der Waals surface area contributed by atoms with Gasteiger partial charge in [-0.2, -0.15) is 0 Å². The van der Waals surface area contributed by atoms with Crippen molar-refractivity contribution in [3.63, 3.8) is 0 Å². The van der Waals surface area contributed by atoms with E-state index in [1.165, 1.54) is 18.5 Å².